The van der Waals surface area contributed by atoms with Crippen molar-refractivity contribution in [3.63, 3.8) is 0 Å². The lowest BCUT2D eigenvalue weighted by Gasteiger charge is -2.54. The molecular weight excluding hydrogens is 424 g/mol. The van der Waals surface area contributed by atoms with Gasteiger partial charge in [-0.1, -0.05) is 44.2 Å². The van der Waals surface area contributed by atoms with E-state index in [1.807, 2.05) is 42.5 Å². The second-order valence-electron chi connectivity index (χ2n) is 10.6. The molecule has 34 heavy (non-hydrogen) atoms. The first-order valence-electron chi connectivity index (χ1n) is 12.6. The van der Waals surface area contributed by atoms with E-state index in [-0.39, 0.29) is 23.3 Å². The molecule has 2 aliphatic rings. The Morgan fingerprint density at radius 3 is 2.59 bits per heavy atom. The smallest absolute Gasteiger partial charge is 0.308 e. The summed E-state index contributed by atoms with van der Waals surface area (Å²) in [7, 11) is 2.20. The molecule has 0 radical (unpaired) electrons. The van der Waals surface area contributed by atoms with Crippen molar-refractivity contribution in [2.24, 2.45) is 11.8 Å². The maximum Gasteiger partial charge on any atom is 0.308 e. The molecule has 2 fully saturated rings. The number of hydrogen-bond donors (Lipinski definition) is 0. The fourth-order valence-corrected chi connectivity index (χ4v) is 6.13. The van der Waals surface area contributed by atoms with Gasteiger partial charge in [0.1, 0.15) is 5.75 Å². The second kappa shape index (κ2) is 10.3. The van der Waals surface area contributed by atoms with Crippen molar-refractivity contribution >= 4 is 11.9 Å². The van der Waals surface area contributed by atoms with Crippen LogP contribution in [0.2, 0.25) is 0 Å². The Morgan fingerprint density at radius 2 is 1.88 bits per heavy atom. The van der Waals surface area contributed by atoms with Crippen LogP contribution in [0.3, 0.4) is 0 Å². The van der Waals surface area contributed by atoms with Crippen LogP contribution in [0.5, 0.6) is 5.75 Å². The van der Waals surface area contributed by atoms with Crippen LogP contribution in [0.25, 0.3) is 0 Å². The van der Waals surface area contributed by atoms with Gasteiger partial charge in [-0.2, -0.15) is 0 Å². The molecule has 0 aromatic heterocycles. The van der Waals surface area contributed by atoms with Crippen LogP contribution >= 0.6 is 0 Å². The number of amides is 1. The van der Waals surface area contributed by atoms with Crippen LogP contribution < -0.4 is 4.74 Å². The fraction of sp³-hybridized carbons (Fsp3) is 0.517. The molecule has 2 aromatic rings. The molecule has 1 aliphatic heterocycles. The zero-order valence-corrected chi connectivity index (χ0v) is 21.0. The fourth-order valence-electron chi connectivity index (χ4n) is 6.13. The molecule has 1 amide bonds. The summed E-state index contributed by atoms with van der Waals surface area (Å²) in [4.78, 5) is 29.8. The van der Waals surface area contributed by atoms with Crippen LogP contribution in [0.15, 0.2) is 54.6 Å². The largest absolute Gasteiger partial charge is 0.427 e. The van der Waals surface area contributed by atoms with Gasteiger partial charge in [-0.3, -0.25) is 9.59 Å². The minimum absolute atomic E-state index is 0.0300. The van der Waals surface area contributed by atoms with Gasteiger partial charge >= 0.3 is 5.97 Å². The number of nitrogens with zero attached hydrogens (tertiary/aromatic N) is 2. The Bertz CT molecular complexity index is 1010. The highest BCUT2D eigenvalue weighted by Gasteiger charge is 2.49. The van der Waals surface area contributed by atoms with Crippen LogP contribution in [-0.2, 0) is 10.2 Å². The number of rotatable bonds is 6. The first-order valence-corrected chi connectivity index (χ1v) is 12.6. The van der Waals surface area contributed by atoms with Gasteiger partial charge in [0.15, 0.2) is 0 Å². The Balaban J connectivity index is 1.69. The highest BCUT2D eigenvalue weighted by Crippen LogP contribution is 2.50. The van der Waals surface area contributed by atoms with Gasteiger partial charge in [-0.15, -0.1) is 0 Å². The molecule has 1 heterocycles. The third kappa shape index (κ3) is 5.20. The minimum atomic E-state index is -0.298. The SMILES string of the molecule is CC(=O)Oc1cccc([C@@]23CCN(C)C[C@H]2CC[C@@H](N(CC(C)C)C(=O)c2ccccc2)C3)c1. The predicted octanol–water partition coefficient (Wildman–Crippen LogP) is 5.15. The van der Waals surface area contributed by atoms with Gasteiger partial charge < -0.3 is 14.5 Å². The number of ether oxygens (including phenoxy) is 1. The molecule has 0 unspecified atom stereocenters. The molecule has 182 valence electrons. The van der Waals surface area contributed by atoms with Gasteiger partial charge in [0.05, 0.1) is 0 Å². The molecule has 5 heteroatoms. The third-order valence-electron chi connectivity index (χ3n) is 7.66. The van der Waals surface area contributed by atoms with E-state index in [4.69, 9.17) is 4.74 Å². The van der Waals surface area contributed by atoms with Gasteiger partial charge in [-0.25, -0.2) is 0 Å². The van der Waals surface area contributed by atoms with Crippen molar-refractivity contribution in [2.45, 2.75) is 57.9 Å². The molecule has 1 aliphatic carbocycles. The number of likely N-dealkylation sites (tertiary alicyclic amines) is 1. The molecule has 1 saturated carbocycles. The third-order valence-corrected chi connectivity index (χ3v) is 7.66. The summed E-state index contributed by atoms with van der Waals surface area (Å²) in [6.45, 7) is 8.65. The van der Waals surface area contributed by atoms with Crippen molar-refractivity contribution < 1.29 is 14.3 Å². The number of benzene rings is 2. The van der Waals surface area contributed by atoms with E-state index in [9.17, 15) is 9.59 Å². The van der Waals surface area contributed by atoms with Gasteiger partial charge in [0, 0.05) is 37.0 Å². The predicted molar refractivity (Wildman–Crippen MR) is 135 cm³/mol. The quantitative estimate of drug-likeness (QED) is 0.440. The Morgan fingerprint density at radius 1 is 1.12 bits per heavy atom. The summed E-state index contributed by atoms with van der Waals surface area (Å²) in [5.74, 6) is 1.36. The zero-order chi connectivity index (χ0) is 24.3. The topological polar surface area (TPSA) is 49.9 Å². The van der Waals surface area contributed by atoms with E-state index >= 15 is 0 Å². The summed E-state index contributed by atoms with van der Waals surface area (Å²) in [5, 5.41) is 0. The molecule has 5 nitrogen and oxygen atoms in total. The second-order valence-corrected chi connectivity index (χ2v) is 10.6. The van der Waals surface area contributed by atoms with E-state index in [2.05, 4.69) is 42.8 Å². The molecular formula is C29H38N2O3. The lowest BCUT2D eigenvalue weighted by molar-refractivity contribution is -0.131. The van der Waals surface area contributed by atoms with Crippen molar-refractivity contribution in [3.8, 4) is 5.75 Å². The Kier molecular flexibility index (Phi) is 7.42. The maximum absolute atomic E-state index is 13.7. The number of carbonyl (C=O) groups excluding carboxylic acids is 2. The van der Waals surface area contributed by atoms with E-state index < -0.39 is 0 Å². The number of hydrogen-bond acceptors (Lipinski definition) is 4. The number of fused-ring (bicyclic) bond motifs is 1. The van der Waals surface area contributed by atoms with E-state index in [0.717, 1.165) is 50.9 Å². The normalized spacial score (nSPS) is 25.0. The van der Waals surface area contributed by atoms with Crippen molar-refractivity contribution in [2.75, 3.05) is 26.7 Å². The van der Waals surface area contributed by atoms with E-state index in [0.29, 0.717) is 17.6 Å². The molecule has 0 N–H and O–H groups in total. The molecule has 0 bridgehead atoms. The molecule has 4 rings (SSSR count). The van der Waals surface area contributed by atoms with Crippen molar-refractivity contribution in [1.29, 1.82) is 0 Å². The maximum atomic E-state index is 13.7. The lowest BCUT2D eigenvalue weighted by Crippen LogP contribution is -2.56. The molecule has 3 atom stereocenters. The van der Waals surface area contributed by atoms with E-state index in [1.54, 1.807) is 0 Å². The zero-order valence-electron chi connectivity index (χ0n) is 21.0. The standard InChI is InChI=1S/C29H38N2O3/c1-21(2)19-31(28(33)23-9-6-5-7-10-23)26-14-13-25-20-30(4)16-15-29(25,18-26)24-11-8-12-27(17-24)34-22(3)32/h5-12,17,21,25-26H,13-16,18-20H2,1-4H3/t25-,26-,29+/m1/s1. The Labute approximate surface area is 204 Å². The average Bonchev–Trinajstić information content (AvgIpc) is 2.82. The van der Waals surface area contributed by atoms with Crippen LogP contribution in [0.4, 0.5) is 0 Å². The summed E-state index contributed by atoms with van der Waals surface area (Å²) >= 11 is 0. The Hall–Kier alpha value is -2.66. The summed E-state index contributed by atoms with van der Waals surface area (Å²) < 4.78 is 5.45. The molecule has 1 saturated heterocycles. The minimum Gasteiger partial charge on any atom is -0.427 e. The summed E-state index contributed by atoms with van der Waals surface area (Å²) in [6.07, 6.45) is 4.10. The average molecular weight is 463 g/mol. The molecule has 0 spiro atoms. The number of piperidine rings is 1. The highest BCUT2D eigenvalue weighted by atomic mass is 16.5. The number of esters is 1. The first kappa shape index (κ1) is 24.5. The van der Waals surface area contributed by atoms with Gasteiger partial charge in [-0.05, 0) is 80.9 Å². The molecule has 2 aromatic carbocycles. The van der Waals surface area contributed by atoms with E-state index in [1.165, 1.54) is 12.5 Å². The lowest BCUT2D eigenvalue weighted by atomic mass is 9.57. The highest BCUT2D eigenvalue weighted by molar-refractivity contribution is 5.94. The van der Waals surface area contributed by atoms with Crippen molar-refractivity contribution in [1.82, 2.24) is 9.80 Å². The number of carbonyl (C=O) groups is 2. The van der Waals surface area contributed by atoms with Crippen LogP contribution in [-0.4, -0.2) is 54.4 Å². The van der Waals surface area contributed by atoms with Crippen molar-refractivity contribution in [3.05, 3.63) is 65.7 Å². The van der Waals surface area contributed by atoms with Gasteiger partial charge in [0.25, 0.3) is 5.91 Å². The first-order chi connectivity index (χ1) is 16.3. The summed E-state index contributed by atoms with van der Waals surface area (Å²) in [5.41, 5.74) is 1.97. The monoisotopic (exact) mass is 462 g/mol. The summed E-state index contributed by atoms with van der Waals surface area (Å²) in [6, 6.07) is 18.0. The van der Waals surface area contributed by atoms with Crippen LogP contribution in [0.1, 0.15) is 62.4 Å². The van der Waals surface area contributed by atoms with Crippen LogP contribution in [0, 0.1) is 11.8 Å². The van der Waals surface area contributed by atoms with Gasteiger partial charge in [0.2, 0.25) is 0 Å².